The molecule has 0 amide bonds. The molecule has 1 saturated carbocycles. The normalized spacial score (nSPS) is 39.7. The van der Waals surface area contributed by atoms with E-state index in [2.05, 4.69) is 20.8 Å². The quantitative estimate of drug-likeness (QED) is 0.468. The number of nitrogens with zero attached hydrogens (tertiary/aromatic N) is 1. The molecule has 124 valence electrons. The number of Topliss-reactive ketones (excluding diaryl/α,β-unsaturated/α-hetero) is 1. The smallest absolute Gasteiger partial charge is 0.161 e. The van der Waals surface area contributed by atoms with Crippen molar-refractivity contribution in [2.24, 2.45) is 0 Å². The molecule has 23 heavy (non-hydrogen) atoms. The van der Waals surface area contributed by atoms with E-state index in [0.29, 0.717) is 31.2 Å². The number of alkyl halides is 1. The molecule has 4 unspecified atom stereocenters. The number of benzene rings is 1. The van der Waals surface area contributed by atoms with E-state index in [0.717, 1.165) is 12.1 Å². The van der Waals surface area contributed by atoms with Gasteiger partial charge in [-0.05, 0) is 44.5 Å². The Kier molecular flexibility index (Phi) is 3.16. The summed E-state index contributed by atoms with van der Waals surface area (Å²) in [6.45, 7) is 0.733. The minimum atomic E-state index is -1.10. The van der Waals surface area contributed by atoms with E-state index in [1.54, 1.807) is 6.07 Å². The number of hydrogen-bond donors (Lipinski definition) is 3. The molecule has 6 heteroatoms. The number of aromatic hydroxyl groups is 2. The molecule has 0 aromatic heterocycles. The Morgan fingerprint density at radius 3 is 2.78 bits per heavy atom. The molecule has 0 radical (unpaired) electrons. The molecule has 0 spiro atoms. The van der Waals surface area contributed by atoms with Crippen LogP contribution in [-0.4, -0.2) is 56.1 Å². The predicted molar refractivity (Wildman–Crippen MR) is 88.1 cm³/mol. The lowest BCUT2D eigenvalue weighted by atomic mass is 9.49. The Morgan fingerprint density at radius 1 is 1.30 bits per heavy atom. The highest BCUT2D eigenvalue weighted by atomic mass is 79.9. The van der Waals surface area contributed by atoms with Crippen molar-refractivity contribution in [3.05, 3.63) is 23.3 Å². The Labute approximate surface area is 143 Å². The molecular formula is C17H20BrNO4. The maximum atomic E-state index is 12.5. The van der Waals surface area contributed by atoms with Crippen molar-refractivity contribution in [3.8, 4) is 11.5 Å². The fourth-order valence-corrected chi connectivity index (χ4v) is 6.21. The fourth-order valence-electron chi connectivity index (χ4n) is 5.13. The highest BCUT2D eigenvalue weighted by Crippen LogP contribution is 2.61. The third kappa shape index (κ3) is 1.67. The van der Waals surface area contributed by atoms with Crippen LogP contribution >= 0.6 is 15.9 Å². The van der Waals surface area contributed by atoms with Crippen molar-refractivity contribution in [3.63, 3.8) is 0 Å². The summed E-state index contributed by atoms with van der Waals surface area (Å²) in [4.78, 5) is 14.1. The van der Waals surface area contributed by atoms with Crippen molar-refractivity contribution in [1.82, 2.24) is 4.90 Å². The van der Waals surface area contributed by atoms with Gasteiger partial charge in [0.2, 0.25) is 0 Å². The summed E-state index contributed by atoms with van der Waals surface area (Å²) in [6, 6.07) is 3.19. The third-order valence-electron chi connectivity index (χ3n) is 6.28. The Balaban J connectivity index is 2.07. The van der Waals surface area contributed by atoms with Gasteiger partial charge in [0.1, 0.15) is 5.78 Å². The number of hydrogen-bond acceptors (Lipinski definition) is 5. The maximum absolute atomic E-state index is 12.5. The fraction of sp³-hybridized carbons (Fsp3) is 0.588. The van der Waals surface area contributed by atoms with Gasteiger partial charge in [-0.1, -0.05) is 22.0 Å². The molecule has 1 aliphatic heterocycles. The largest absolute Gasteiger partial charge is 0.504 e. The van der Waals surface area contributed by atoms with Gasteiger partial charge in [0.15, 0.2) is 11.5 Å². The molecule has 4 atom stereocenters. The number of carbonyl (C=O) groups is 1. The van der Waals surface area contributed by atoms with E-state index in [-0.39, 0.29) is 23.3 Å². The third-order valence-corrected chi connectivity index (χ3v) is 7.58. The topological polar surface area (TPSA) is 81.0 Å². The molecule has 1 saturated heterocycles. The highest BCUT2D eigenvalue weighted by molar-refractivity contribution is 9.10. The first-order chi connectivity index (χ1) is 10.8. The number of phenolic OH excluding ortho intramolecular Hbond substituents is 2. The molecule has 5 nitrogen and oxygen atoms in total. The second-order valence-corrected chi connectivity index (χ2v) is 8.06. The summed E-state index contributed by atoms with van der Waals surface area (Å²) in [5.74, 6) is -0.341. The van der Waals surface area contributed by atoms with Gasteiger partial charge in [0, 0.05) is 18.0 Å². The standard InChI is InChI=1S/C17H20BrNO4/c1-19-7-6-16-13-9(2-3-10(20)14(13)22)8-12(19)17(16,23)5-4-11(21)15(16)18/h2-3,12,15,20,22-23H,4-8H2,1H3. The van der Waals surface area contributed by atoms with Crippen LogP contribution in [0.15, 0.2) is 12.1 Å². The number of halogens is 1. The van der Waals surface area contributed by atoms with Gasteiger partial charge in [0.25, 0.3) is 0 Å². The molecule has 2 fully saturated rings. The van der Waals surface area contributed by atoms with Crippen LogP contribution in [0, 0.1) is 0 Å². The van der Waals surface area contributed by atoms with Crippen LogP contribution in [0.1, 0.15) is 30.4 Å². The summed E-state index contributed by atoms with van der Waals surface area (Å²) in [5.41, 5.74) is -0.532. The van der Waals surface area contributed by atoms with Gasteiger partial charge in [-0.15, -0.1) is 0 Å². The van der Waals surface area contributed by atoms with Gasteiger partial charge in [-0.3, -0.25) is 4.79 Å². The van der Waals surface area contributed by atoms with Gasteiger partial charge in [-0.2, -0.15) is 0 Å². The summed E-state index contributed by atoms with van der Waals surface area (Å²) in [5, 5.41) is 32.2. The first-order valence-corrected chi connectivity index (χ1v) is 8.88. The van der Waals surface area contributed by atoms with Gasteiger partial charge < -0.3 is 20.2 Å². The highest BCUT2D eigenvalue weighted by Gasteiger charge is 2.68. The van der Waals surface area contributed by atoms with Crippen molar-refractivity contribution in [2.45, 2.75) is 47.6 Å². The number of aliphatic hydroxyl groups is 1. The van der Waals surface area contributed by atoms with Gasteiger partial charge >= 0.3 is 0 Å². The molecule has 3 N–H and O–H groups in total. The zero-order valence-corrected chi connectivity index (χ0v) is 14.5. The first-order valence-electron chi connectivity index (χ1n) is 7.96. The molecule has 1 aromatic carbocycles. The molecule has 2 bridgehead atoms. The van der Waals surface area contributed by atoms with E-state index in [4.69, 9.17) is 0 Å². The molecule has 1 aromatic rings. The lowest BCUT2D eigenvalue weighted by molar-refractivity contribution is -0.166. The van der Waals surface area contributed by atoms with Gasteiger partial charge in [0.05, 0.1) is 15.8 Å². The predicted octanol–water partition coefficient (Wildman–Crippen LogP) is 1.45. The number of fused-ring (bicyclic) bond motifs is 1. The first kappa shape index (κ1) is 15.4. The van der Waals surface area contributed by atoms with E-state index >= 15 is 0 Å². The van der Waals surface area contributed by atoms with Crippen LogP contribution in [0.5, 0.6) is 11.5 Å². The number of piperidine rings is 1. The average Bonchev–Trinajstić information content (AvgIpc) is 2.51. The van der Waals surface area contributed by atoms with Crippen molar-refractivity contribution in [2.75, 3.05) is 13.6 Å². The minimum absolute atomic E-state index is 0.0496. The molecule has 3 aliphatic rings. The summed E-state index contributed by atoms with van der Waals surface area (Å²) in [6.07, 6.45) is 1.87. The summed E-state index contributed by atoms with van der Waals surface area (Å²) in [7, 11) is 2.00. The lowest BCUT2D eigenvalue weighted by Crippen LogP contribution is -2.75. The van der Waals surface area contributed by atoms with Crippen LogP contribution in [-0.2, 0) is 16.6 Å². The average molecular weight is 382 g/mol. The second kappa shape index (κ2) is 4.71. The molecule has 4 rings (SSSR count). The van der Waals surface area contributed by atoms with Crippen molar-refractivity contribution < 1.29 is 20.1 Å². The summed E-state index contributed by atoms with van der Waals surface area (Å²) < 4.78 is 0. The number of rotatable bonds is 0. The van der Waals surface area contributed by atoms with Crippen molar-refractivity contribution in [1.29, 1.82) is 0 Å². The number of likely N-dealkylation sites (N-methyl/N-ethyl adjacent to an activating group) is 1. The van der Waals surface area contributed by atoms with E-state index in [9.17, 15) is 20.1 Å². The van der Waals surface area contributed by atoms with Gasteiger partial charge in [-0.25, -0.2) is 0 Å². The monoisotopic (exact) mass is 381 g/mol. The number of carbonyl (C=O) groups excluding carboxylic acids is 1. The van der Waals surface area contributed by atoms with E-state index < -0.39 is 15.8 Å². The minimum Gasteiger partial charge on any atom is -0.504 e. The summed E-state index contributed by atoms with van der Waals surface area (Å²) >= 11 is 3.54. The SMILES string of the molecule is CN1CCC23c4c(ccc(O)c4O)CC1C2(O)CCC(=O)C3Br. The molecular weight excluding hydrogens is 362 g/mol. The second-order valence-electron chi connectivity index (χ2n) is 7.14. The van der Waals surface area contributed by atoms with Crippen LogP contribution in [0.3, 0.4) is 0 Å². The zero-order valence-electron chi connectivity index (χ0n) is 12.9. The van der Waals surface area contributed by atoms with E-state index in [1.165, 1.54) is 6.07 Å². The Morgan fingerprint density at radius 2 is 2.04 bits per heavy atom. The Hall–Kier alpha value is -1.11. The Bertz CT molecular complexity index is 708. The number of ketones is 1. The van der Waals surface area contributed by atoms with Crippen molar-refractivity contribution >= 4 is 21.7 Å². The molecule has 2 aliphatic carbocycles. The lowest BCUT2D eigenvalue weighted by Gasteiger charge is -2.64. The number of likely N-dealkylation sites (tertiary alicyclic amines) is 1. The van der Waals surface area contributed by atoms with Crippen LogP contribution in [0.4, 0.5) is 0 Å². The molecule has 1 heterocycles. The van der Waals surface area contributed by atoms with E-state index in [1.807, 2.05) is 7.05 Å². The van der Waals surface area contributed by atoms with Crippen LogP contribution in [0.25, 0.3) is 0 Å². The number of phenols is 2. The maximum Gasteiger partial charge on any atom is 0.161 e. The van der Waals surface area contributed by atoms with Crippen LogP contribution in [0.2, 0.25) is 0 Å². The van der Waals surface area contributed by atoms with Crippen LogP contribution < -0.4 is 0 Å². The zero-order chi connectivity index (χ0) is 16.6.